The highest BCUT2D eigenvalue weighted by Crippen LogP contribution is 2.29. The number of benzene rings is 1. The van der Waals surface area contributed by atoms with Gasteiger partial charge < -0.3 is 15.2 Å². The van der Waals surface area contributed by atoms with Crippen LogP contribution in [0.25, 0.3) is 5.57 Å². The summed E-state index contributed by atoms with van der Waals surface area (Å²) < 4.78 is 5.01. The van der Waals surface area contributed by atoms with Crippen LogP contribution in [0, 0.1) is 0 Å². The molecule has 25 heavy (non-hydrogen) atoms. The number of carboxylic acid groups (broad SMARTS) is 1. The van der Waals surface area contributed by atoms with Gasteiger partial charge in [-0.05, 0) is 36.8 Å². The van der Waals surface area contributed by atoms with Crippen LogP contribution in [-0.4, -0.2) is 29.8 Å². The summed E-state index contributed by atoms with van der Waals surface area (Å²) in [5, 5.41) is 10.8. The Hall–Kier alpha value is -2.56. The van der Waals surface area contributed by atoms with Crippen molar-refractivity contribution in [1.82, 2.24) is 5.32 Å². The fourth-order valence-corrected chi connectivity index (χ4v) is 2.28. The Morgan fingerprint density at radius 3 is 2.68 bits per heavy atom. The number of hydrogen-bond acceptors (Lipinski definition) is 3. The summed E-state index contributed by atoms with van der Waals surface area (Å²) in [7, 11) is 0. The topological polar surface area (TPSA) is 75.6 Å². The second-order valence-corrected chi connectivity index (χ2v) is 6.83. The monoisotopic (exact) mass is 345 g/mol. The first-order chi connectivity index (χ1) is 11.6. The summed E-state index contributed by atoms with van der Waals surface area (Å²) in [6.45, 7) is 11.8. The molecular weight excluding hydrogens is 318 g/mol. The van der Waals surface area contributed by atoms with Gasteiger partial charge in [0.1, 0.15) is 6.61 Å². The highest BCUT2D eigenvalue weighted by atomic mass is 16.5. The number of carbonyl (C=O) groups is 2. The van der Waals surface area contributed by atoms with E-state index in [1.54, 1.807) is 13.0 Å². The Kier molecular flexibility index (Phi) is 7.43. The van der Waals surface area contributed by atoms with Gasteiger partial charge in [-0.3, -0.25) is 0 Å². The molecule has 1 aromatic carbocycles. The molecule has 0 saturated carbocycles. The van der Waals surface area contributed by atoms with Gasteiger partial charge in [-0.15, -0.1) is 0 Å². The van der Waals surface area contributed by atoms with E-state index in [4.69, 9.17) is 9.84 Å². The Morgan fingerprint density at radius 1 is 1.40 bits per heavy atom. The van der Waals surface area contributed by atoms with Crippen molar-refractivity contribution in [2.45, 2.75) is 45.6 Å². The molecule has 1 atom stereocenters. The second-order valence-electron chi connectivity index (χ2n) is 6.83. The van der Waals surface area contributed by atoms with Gasteiger partial charge >= 0.3 is 12.1 Å². The van der Waals surface area contributed by atoms with E-state index < -0.39 is 18.1 Å². The smallest absolute Gasteiger partial charge is 0.404 e. The van der Waals surface area contributed by atoms with Gasteiger partial charge in [0.05, 0.1) is 6.04 Å². The molecule has 0 aromatic heterocycles. The highest BCUT2D eigenvalue weighted by molar-refractivity contribution is 5.81. The zero-order valence-corrected chi connectivity index (χ0v) is 15.3. The molecule has 0 aliphatic heterocycles. The molecule has 0 aliphatic carbocycles. The van der Waals surface area contributed by atoms with E-state index in [1.165, 1.54) is 11.6 Å². The minimum atomic E-state index is -1.14. The molecule has 0 radical (unpaired) electrons. The van der Waals surface area contributed by atoms with E-state index in [0.29, 0.717) is 6.42 Å². The quantitative estimate of drug-likeness (QED) is 0.548. The maximum Gasteiger partial charge on any atom is 0.404 e. The van der Waals surface area contributed by atoms with Crippen LogP contribution in [0.2, 0.25) is 0 Å². The van der Waals surface area contributed by atoms with Crippen LogP contribution in [0.3, 0.4) is 0 Å². The van der Waals surface area contributed by atoms with Gasteiger partial charge in [-0.25, -0.2) is 9.59 Å². The maximum atomic E-state index is 11.7. The lowest BCUT2D eigenvalue weighted by molar-refractivity contribution is -0.138. The molecule has 0 saturated heterocycles. The molecule has 1 rings (SSSR count). The number of amides is 1. The first kappa shape index (κ1) is 20.5. The summed E-state index contributed by atoms with van der Waals surface area (Å²) in [5.41, 5.74) is 3.15. The van der Waals surface area contributed by atoms with E-state index in [-0.39, 0.29) is 12.0 Å². The predicted octanol–water partition coefficient (Wildman–Crippen LogP) is 4.14. The Labute approximate surface area is 149 Å². The minimum absolute atomic E-state index is 0.000473. The molecule has 1 aromatic rings. The summed E-state index contributed by atoms with van der Waals surface area (Å²) >= 11 is 0. The second kappa shape index (κ2) is 9.06. The summed E-state index contributed by atoms with van der Waals surface area (Å²) in [5.74, 6) is -0.481. The van der Waals surface area contributed by atoms with Crippen molar-refractivity contribution in [1.29, 1.82) is 0 Å². The van der Waals surface area contributed by atoms with E-state index in [9.17, 15) is 9.59 Å². The first-order valence-corrected chi connectivity index (χ1v) is 8.21. The van der Waals surface area contributed by atoms with E-state index in [1.807, 2.05) is 19.1 Å². The van der Waals surface area contributed by atoms with Crippen molar-refractivity contribution < 1.29 is 19.4 Å². The number of nitrogens with one attached hydrogen (secondary N) is 1. The number of allylic oxidation sites excluding steroid dienone is 2. The fraction of sp³-hybridized carbons (Fsp3) is 0.400. The molecule has 2 N–H and O–H groups in total. The number of carbonyl (C=O) groups excluding carboxylic acids is 1. The molecule has 0 aliphatic rings. The fourth-order valence-electron chi connectivity index (χ4n) is 2.28. The highest BCUT2D eigenvalue weighted by Gasteiger charge is 2.19. The molecule has 136 valence electrons. The van der Waals surface area contributed by atoms with E-state index >= 15 is 0 Å². The number of rotatable bonds is 8. The molecule has 1 unspecified atom stereocenters. The Bertz CT molecular complexity index is 661. The summed E-state index contributed by atoms with van der Waals surface area (Å²) in [6, 6.07) is 7.78. The molecule has 5 heteroatoms. The van der Waals surface area contributed by atoms with Crippen molar-refractivity contribution in [3.8, 4) is 0 Å². The van der Waals surface area contributed by atoms with Crippen LogP contribution in [0.1, 0.15) is 45.2 Å². The zero-order chi connectivity index (χ0) is 19.0. The van der Waals surface area contributed by atoms with Crippen LogP contribution in [0.4, 0.5) is 4.79 Å². The maximum absolute atomic E-state index is 11.7. The molecule has 0 spiro atoms. The number of ether oxygens (including phenoxy) is 1. The van der Waals surface area contributed by atoms with Crippen LogP contribution in [0.5, 0.6) is 0 Å². The molecule has 0 fully saturated rings. The van der Waals surface area contributed by atoms with Crippen LogP contribution in [0.15, 0.2) is 43.0 Å². The van der Waals surface area contributed by atoms with Crippen molar-refractivity contribution >= 4 is 17.6 Å². The van der Waals surface area contributed by atoms with Gasteiger partial charge in [0.2, 0.25) is 0 Å². The van der Waals surface area contributed by atoms with Crippen LogP contribution >= 0.6 is 0 Å². The van der Waals surface area contributed by atoms with Crippen molar-refractivity contribution in [2.75, 3.05) is 6.61 Å². The largest absolute Gasteiger partial charge is 0.465 e. The van der Waals surface area contributed by atoms with E-state index in [2.05, 4.69) is 37.9 Å². The Morgan fingerprint density at radius 2 is 2.08 bits per heavy atom. The summed E-state index contributed by atoms with van der Waals surface area (Å²) in [6.07, 6.45) is 2.70. The van der Waals surface area contributed by atoms with Gasteiger partial charge in [-0.2, -0.15) is 0 Å². The van der Waals surface area contributed by atoms with Crippen molar-refractivity contribution in [3.63, 3.8) is 0 Å². The Balaban J connectivity index is 2.58. The SMILES string of the molecule is C=C(C)c1cccc(C(C)(C)C/C=C/C(=O)OCC(C)NC(=O)O)c1. The number of hydrogen-bond donors (Lipinski definition) is 2. The van der Waals surface area contributed by atoms with Gasteiger partial charge in [0.15, 0.2) is 0 Å². The normalized spacial score (nSPS) is 12.6. The molecule has 5 nitrogen and oxygen atoms in total. The third kappa shape index (κ3) is 7.25. The minimum Gasteiger partial charge on any atom is -0.465 e. The third-order valence-corrected chi connectivity index (χ3v) is 3.86. The average Bonchev–Trinajstić information content (AvgIpc) is 2.52. The van der Waals surface area contributed by atoms with Gasteiger partial charge in [-0.1, -0.05) is 56.3 Å². The standard InChI is InChI=1S/C20H27NO4/c1-14(2)16-8-6-9-17(12-16)20(4,5)11-7-10-18(22)25-13-15(3)21-19(23)24/h6-10,12,15,21H,1,11,13H2,2-5H3,(H,23,24)/b10-7+. The predicted molar refractivity (Wildman–Crippen MR) is 99.5 cm³/mol. The van der Waals surface area contributed by atoms with Crippen molar-refractivity contribution in [2.24, 2.45) is 0 Å². The van der Waals surface area contributed by atoms with Gasteiger partial charge in [0, 0.05) is 6.08 Å². The van der Waals surface area contributed by atoms with Crippen molar-refractivity contribution in [3.05, 3.63) is 54.1 Å². The van der Waals surface area contributed by atoms with E-state index in [0.717, 1.165) is 11.1 Å². The lowest BCUT2D eigenvalue weighted by Crippen LogP contribution is -2.35. The molecule has 1 amide bonds. The first-order valence-electron chi connectivity index (χ1n) is 8.21. The summed E-state index contributed by atoms with van der Waals surface area (Å²) in [4.78, 5) is 22.2. The third-order valence-electron chi connectivity index (χ3n) is 3.86. The van der Waals surface area contributed by atoms with Crippen LogP contribution in [-0.2, 0) is 14.9 Å². The average molecular weight is 345 g/mol. The lowest BCUT2D eigenvalue weighted by atomic mass is 9.80. The molecule has 0 bridgehead atoms. The molecular formula is C20H27NO4. The van der Waals surface area contributed by atoms with Crippen LogP contribution < -0.4 is 5.32 Å². The molecule has 0 heterocycles. The van der Waals surface area contributed by atoms with Gasteiger partial charge in [0.25, 0.3) is 0 Å². The zero-order valence-electron chi connectivity index (χ0n) is 15.3. The lowest BCUT2D eigenvalue weighted by Gasteiger charge is -2.24. The number of esters is 1.